The average Bonchev–Trinajstić information content (AvgIpc) is 2.78. The lowest BCUT2D eigenvalue weighted by Gasteiger charge is -2.31. The average molecular weight is 331 g/mol. The number of ketones is 1. The summed E-state index contributed by atoms with van der Waals surface area (Å²) in [5.74, 6) is -1.45. The summed E-state index contributed by atoms with van der Waals surface area (Å²) < 4.78 is 50.2. The van der Waals surface area contributed by atoms with Crippen LogP contribution in [-0.4, -0.2) is 24.5 Å². The van der Waals surface area contributed by atoms with Crippen molar-refractivity contribution >= 4 is 17.4 Å². The van der Waals surface area contributed by atoms with E-state index in [9.17, 15) is 27.2 Å². The molecule has 0 bridgehead atoms. The predicted molar refractivity (Wildman–Crippen MR) is 77.2 cm³/mol. The quantitative estimate of drug-likeness (QED) is 0.602. The van der Waals surface area contributed by atoms with Gasteiger partial charge in [0, 0.05) is 12.8 Å². The van der Waals surface area contributed by atoms with Gasteiger partial charge in [0.2, 0.25) is 12.9 Å². The molecular formula is C16H17F4NO2. The van der Waals surface area contributed by atoms with Gasteiger partial charge in [-0.25, -0.2) is 17.6 Å². The van der Waals surface area contributed by atoms with E-state index in [0.717, 1.165) is 0 Å². The number of rotatable bonds is 7. The fourth-order valence-electron chi connectivity index (χ4n) is 2.79. The SMILES string of the molecule is CC(CCC(F)F)(CCC(F)F)c1ccc2c(c1)C(=O)C(=O)N2. The monoisotopic (exact) mass is 331 g/mol. The molecule has 0 fully saturated rings. The van der Waals surface area contributed by atoms with Gasteiger partial charge in [-0.2, -0.15) is 0 Å². The summed E-state index contributed by atoms with van der Waals surface area (Å²) in [4.78, 5) is 23.1. The van der Waals surface area contributed by atoms with E-state index >= 15 is 0 Å². The molecule has 7 heteroatoms. The van der Waals surface area contributed by atoms with Gasteiger partial charge in [0.25, 0.3) is 11.7 Å². The molecule has 1 aliphatic rings. The van der Waals surface area contributed by atoms with Gasteiger partial charge in [-0.05, 0) is 36.0 Å². The third-order valence-corrected chi connectivity index (χ3v) is 4.24. The van der Waals surface area contributed by atoms with Crippen LogP contribution in [-0.2, 0) is 10.2 Å². The smallest absolute Gasteiger partial charge is 0.296 e. The number of halogens is 4. The standard InChI is InChI=1S/C16H17F4NO2/c1-16(6-4-12(17)18,7-5-13(19)20)9-2-3-11-10(8-9)14(22)15(23)21-11/h2-3,8,12-13H,4-7H2,1H3,(H,21,22,23). The van der Waals surface area contributed by atoms with Gasteiger partial charge in [-0.15, -0.1) is 0 Å². The van der Waals surface area contributed by atoms with E-state index in [2.05, 4.69) is 5.32 Å². The normalized spacial score (nSPS) is 14.6. The first-order valence-electron chi connectivity index (χ1n) is 7.29. The molecule has 23 heavy (non-hydrogen) atoms. The van der Waals surface area contributed by atoms with E-state index in [1.165, 1.54) is 12.1 Å². The van der Waals surface area contributed by atoms with Crippen LogP contribution in [0.2, 0.25) is 0 Å². The molecule has 1 aromatic rings. The Labute approximate surface area is 131 Å². The highest BCUT2D eigenvalue weighted by Gasteiger charge is 2.33. The van der Waals surface area contributed by atoms with Crippen molar-refractivity contribution < 1.29 is 27.2 Å². The highest BCUT2D eigenvalue weighted by Crippen LogP contribution is 2.38. The summed E-state index contributed by atoms with van der Waals surface area (Å²) in [5.41, 5.74) is 0.123. The Morgan fingerprint density at radius 1 is 1.04 bits per heavy atom. The van der Waals surface area contributed by atoms with E-state index in [0.29, 0.717) is 11.3 Å². The maximum Gasteiger partial charge on any atom is 0.296 e. The van der Waals surface area contributed by atoms with Crippen molar-refractivity contribution in [1.82, 2.24) is 0 Å². The number of hydrogen-bond donors (Lipinski definition) is 1. The number of Topliss-reactive ketones (excluding diaryl/α,β-unsaturated/α-hetero) is 1. The highest BCUT2D eigenvalue weighted by atomic mass is 19.3. The fraction of sp³-hybridized carbons (Fsp3) is 0.500. The van der Waals surface area contributed by atoms with Crippen LogP contribution in [0.15, 0.2) is 18.2 Å². The van der Waals surface area contributed by atoms with Crippen molar-refractivity contribution in [2.75, 3.05) is 5.32 Å². The molecule has 126 valence electrons. The summed E-state index contributed by atoms with van der Waals surface area (Å²) in [5, 5.41) is 2.40. The number of carbonyl (C=O) groups excluding carboxylic acids is 2. The third-order valence-electron chi connectivity index (χ3n) is 4.24. The zero-order chi connectivity index (χ0) is 17.2. The van der Waals surface area contributed by atoms with Gasteiger partial charge in [-0.1, -0.05) is 13.0 Å². The largest absolute Gasteiger partial charge is 0.318 e. The number of anilines is 1. The molecule has 0 spiro atoms. The van der Waals surface area contributed by atoms with Crippen molar-refractivity contribution in [3.63, 3.8) is 0 Å². The molecule has 1 aliphatic heterocycles. The molecular weight excluding hydrogens is 314 g/mol. The first-order valence-corrected chi connectivity index (χ1v) is 7.29. The highest BCUT2D eigenvalue weighted by molar-refractivity contribution is 6.51. The minimum absolute atomic E-state index is 0.0196. The fourth-order valence-corrected chi connectivity index (χ4v) is 2.79. The summed E-state index contributed by atoms with van der Waals surface area (Å²) in [6.07, 6.45) is -5.85. The second-order valence-corrected chi connectivity index (χ2v) is 5.96. The molecule has 0 aliphatic carbocycles. The van der Waals surface area contributed by atoms with E-state index in [1.54, 1.807) is 13.0 Å². The van der Waals surface area contributed by atoms with Crippen molar-refractivity contribution in [2.24, 2.45) is 0 Å². The first-order chi connectivity index (χ1) is 10.7. The number of hydrogen-bond acceptors (Lipinski definition) is 2. The van der Waals surface area contributed by atoms with Crippen LogP contribution in [0, 0.1) is 0 Å². The van der Waals surface area contributed by atoms with E-state index < -0.39 is 42.8 Å². The molecule has 0 radical (unpaired) electrons. The maximum atomic E-state index is 12.6. The van der Waals surface area contributed by atoms with Gasteiger partial charge in [0.1, 0.15) is 0 Å². The van der Waals surface area contributed by atoms with E-state index in [-0.39, 0.29) is 18.4 Å². The summed E-state index contributed by atoms with van der Waals surface area (Å²) >= 11 is 0. The summed E-state index contributed by atoms with van der Waals surface area (Å²) in [7, 11) is 0. The number of fused-ring (bicyclic) bond motifs is 1. The van der Waals surface area contributed by atoms with E-state index in [1.807, 2.05) is 0 Å². The molecule has 1 heterocycles. The van der Waals surface area contributed by atoms with Gasteiger partial charge < -0.3 is 5.32 Å². The second-order valence-electron chi connectivity index (χ2n) is 5.96. The molecule has 0 atom stereocenters. The van der Waals surface area contributed by atoms with Gasteiger partial charge >= 0.3 is 0 Å². The minimum atomic E-state index is -2.53. The number of amides is 1. The Morgan fingerprint density at radius 2 is 1.61 bits per heavy atom. The van der Waals surface area contributed by atoms with Crippen LogP contribution in [0.25, 0.3) is 0 Å². The van der Waals surface area contributed by atoms with Crippen LogP contribution >= 0.6 is 0 Å². The zero-order valence-electron chi connectivity index (χ0n) is 12.5. The Kier molecular flexibility index (Phi) is 5.06. The van der Waals surface area contributed by atoms with Gasteiger partial charge in [0.15, 0.2) is 0 Å². The summed E-state index contributed by atoms with van der Waals surface area (Å²) in [6, 6.07) is 4.55. The van der Waals surface area contributed by atoms with Crippen molar-refractivity contribution in [1.29, 1.82) is 0 Å². The van der Waals surface area contributed by atoms with Gasteiger partial charge in [0.05, 0.1) is 11.3 Å². The molecule has 0 aromatic heterocycles. The van der Waals surface area contributed by atoms with E-state index in [4.69, 9.17) is 0 Å². The second kappa shape index (κ2) is 6.68. The first kappa shape index (κ1) is 17.4. The van der Waals surface area contributed by atoms with Crippen LogP contribution in [0.1, 0.15) is 48.5 Å². The molecule has 1 amide bonds. The minimum Gasteiger partial charge on any atom is -0.318 e. The topological polar surface area (TPSA) is 46.2 Å². The Balaban J connectivity index is 2.31. The molecule has 1 N–H and O–H groups in total. The lowest BCUT2D eigenvalue weighted by atomic mass is 9.74. The number of benzene rings is 1. The molecule has 0 unspecified atom stereocenters. The summed E-state index contributed by atoms with van der Waals surface area (Å²) in [6.45, 7) is 1.63. The zero-order valence-corrected chi connectivity index (χ0v) is 12.5. The molecule has 3 nitrogen and oxygen atoms in total. The number of nitrogens with one attached hydrogen (secondary N) is 1. The third kappa shape index (κ3) is 3.89. The molecule has 0 saturated carbocycles. The Hall–Kier alpha value is -1.92. The lowest BCUT2D eigenvalue weighted by Crippen LogP contribution is -2.24. The molecule has 1 aromatic carbocycles. The Morgan fingerprint density at radius 3 is 2.13 bits per heavy atom. The van der Waals surface area contributed by atoms with Gasteiger partial charge in [-0.3, -0.25) is 9.59 Å². The number of carbonyl (C=O) groups is 2. The molecule has 0 saturated heterocycles. The van der Waals surface area contributed by atoms with Crippen molar-refractivity contribution in [3.05, 3.63) is 29.3 Å². The Bertz CT molecular complexity index is 604. The van der Waals surface area contributed by atoms with Crippen LogP contribution in [0.5, 0.6) is 0 Å². The van der Waals surface area contributed by atoms with Crippen LogP contribution in [0.4, 0.5) is 23.2 Å². The van der Waals surface area contributed by atoms with Crippen molar-refractivity contribution in [2.45, 2.75) is 50.9 Å². The molecule has 2 rings (SSSR count). The van der Waals surface area contributed by atoms with Crippen LogP contribution < -0.4 is 5.32 Å². The van der Waals surface area contributed by atoms with Crippen molar-refractivity contribution in [3.8, 4) is 0 Å². The van der Waals surface area contributed by atoms with Crippen LogP contribution in [0.3, 0.4) is 0 Å². The maximum absolute atomic E-state index is 12.6. The number of alkyl halides is 4. The predicted octanol–water partition coefficient (Wildman–Crippen LogP) is 4.17. The lowest BCUT2D eigenvalue weighted by molar-refractivity contribution is -0.112.